The maximum atomic E-state index is 12.4. The maximum Gasteiger partial charge on any atom is 0.324 e. The molecule has 0 fully saturated rings. The Labute approximate surface area is 143 Å². The average molecular weight is 372 g/mol. The minimum Gasteiger partial charge on any atom is -0.454 e. The van der Waals surface area contributed by atoms with Crippen LogP contribution in [0.15, 0.2) is 23.1 Å². The molecule has 0 radical (unpaired) electrons. The van der Waals surface area contributed by atoms with Crippen molar-refractivity contribution in [3.05, 3.63) is 18.2 Å². The molecule has 1 aromatic heterocycles. The molecule has 9 nitrogen and oxygen atoms in total. The number of ether oxygens (including phenoxy) is 1. The number of benzene rings is 1. The van der Waals surface area contributed by atoms with Crippen LogP contribution in [0, 0.1) is 0 Å². The Kier molecular flexibility index (Phi) is 5.47. The van der Waals surface area contributed by atoms with E-state index < -0.39 is 34.5 Å². The molecule has 0 bridgehead atoms. The van der Waals surface area contributed by atoms with Gasteiger partial charge in [-0.2, -0.15) is 13.5 Å². The maximum absolute atomic E-state index is 12.4. The van der Waals surface area contributed by atoms with Gasteiger partial charge in [-0.1, -0.05) is 6.07 Å². The molecule has 1 N–H and O–H groups in total. The van der Waals surface area contributed by atoms with Gasteiger partial charge in [0.1, 0.15) is 22.0 Å². The van der Waals surface area contributed by atoms with Crippen LogP contribution >= 0.6 is 11.7 Å². The van der Waals surface area contributed by atoms with E-state index in [4.69, 9.17) is 4.74 Å². The van der Waals surface area contributed by atoms with E-state index in [-0.39, 0.29) is 10.4 Å². The Bertz CT molecular complexity index is 862. The number of hydrogen-bond acceptors (Lipinski definition) is 8. The fourth-order valence-corrected chi connectivity index (χ4v) is 3.69. The Morgan fingerprint density at radius 3 is 2.71 bits per heavy atom. The van der Waals surface area contributed by atoms with E-state index in [2.05, 4.69) is 13.5 Å². The van der Waals surface area contributed by atoms with E-state index in [0.29, 0.717) is 5.52 Å². The number of sulfonamides is 1. The van der Waals surface area contributed by atoms with Gasteiger partial charge in [-0.15, -0.1) is 0 Å². The zero-order valence-corrected chi connectivity index (χ0v) is 14.8. The highest BCUT2D eigenvalue weighted by atomic mass is 32.2. The van der Waals surface area contributed by atoms with Gasteiger partial charge in [0, 0.05) is 14.1 Å². The molecule has 24 heavy (non-hydrogen) atoms. The van der Waals surface area contributed by atoms with Crippen LogP contribution in [0.2, 0.25) is 0 Å². The molecule has 0 saturated carbocycles. The van der Waals surface area contributed by atoms with Crippen molar-refractivity contribution in [3.63, 3.8) is 0 Å². The first-order valence-corrected chi connectivity index (χ1v) is 9.04. The van der Waals surface area contributed by atoms with Crippen LogP contribution in [-0.2, 0) is 24.3 Å². The summed E-state index contributed by atoms with van der Waals surface area (Å²) >= 11 is 0.896. The van der Waals surface area contributed by atoms with E-state index in [1.54, 1.807) is 6.07 Å². The highest BCUT2D eigenvalue weighted by Crippen LogP contribution is 2.21. The minimum absolute atomic E-state index is 0.0715. The third-order valence-corrected chi connectivity index (χ3v) is 5.18. The molecule has 1 atom stereocenters. The van der Waals surface area contributed by atoms with Crippen molar-refractivity contribution >= 4 is 44.7 Å². The van der Waals surface area contributed by atoms with Crippen molar-refractivity contribution in [1.29, 1.82) is 0 Å². The van der Waals surface area contributed by atoms with Crippen molar-refractivity contribution in [3.8, 4) is 0 Å². The van der Waals surface area contributed by atoms with Gasteiger partial charge in [0.05, 0.1) is 11.7 Å². The van der Waals surface area contributed by atoms with Crippen molar-refractivity contribution in [1.82, 2.24) is 18.4 Å². The molecular formula is C13H16N4O5S2. The monoisotopic (exact) mass is 372 g/mol. The number of rotatable bonds is 6. The lowest BCUT2D eigenvalue weighted by Crippen LogP contribution is -2.40. The van der Waals surface area contributed by atoms with Crippen LogP contribution in [-0.4, -0.2) is 60.7 Å². The highest BCUT2D eigenvalue weighted by Gasteiger charge is 2.26. The summed E-state index contributed by atoms with van der Waals surface area (Å²) in [6, 6.07) is 3.39. The first-order valence-electron chi connectivity index (χ1n) is 6.83. The van der Waals surface area contributed by atoms with Crippen molar-refractivity contribution in [2.24, 2.45) is 0 Å². The molecule has 0 aliphatic heterocycles. The fourth-order valence-electron chi connectivity index (χ4n) is 1.73. The van der Waals surface area contributed by atoms with E-state index in [0.717, 1.165) is 11.7 Å². The second-order valence-corrected chi connectivity index (χ2v) is 7.34. The van der Waals surface area contributed by atoms with Crippen LogP contribution in [0.25, 0.3) is 11.0 Å². The van der Waals surface area contributed by atoms with Crippen molar-refractivity contribution in [2.75, 3.05) is 20.7 Å². The fraction of sp³-hybridized carbons (Fsp3) is 0.385. The third-order valence-electron chi connectivity index (χ3n) is 3.06. The number of nitrogens with one attached hydrogen (secondary N) is 1. The highest BCUT2D eigenvalue weighted by molar-refractivity contribution is 7.89. The summed E-state index contributed by atoms with van der Waals surface area (Å²) in [5.74, 6) is -1.26. The van der Waals surface area contributed by atoms with Crippen LogP contribution in [0.5, 0.6) is 0 Å². The number of nitrogens with zero attached hydrogens (tertiary/aromatic N) is 3. The zero-order valence-electron chi connectivity index (χ0n) is 13.2. The van der Waals surface area contributed by atoms with Crippen LogP contribution in [0.4, 0.5) is 0 Å². The van der Waals surface area contributed by atoms with Gasteiger partial charge >= 0.3 is 5.97 Å². The van der Waals surface area contributed by atoms with E-state index in [9.17, 15) is 18.0 Å². The molecule has 130 valence electrons. The summed E-state index contributed by atoms with van der Waals surface area (Å²) < 4.78 is 39.8. The Hall–Kier alpha value is -2.11. The van der Waals surface area contributed by atoms with Crippen molar-refractivity contribution in [2.45, 2.75) is 17.9 Å². The second-order valence-electron chi connectivity index (χ2n) is 5.13. The number of carbonyl (C=O) groups is 2. The molecule has 1 amide bonds. The predicted octanol–water partition coefficient (Wildman–Crippen LogP) is -0.0105. The molecular weight excluding hydrogens is 356 g/mol. The predicted molar refractivity (Wildman–Crippen MR) is 86.9 cm³/mol. The second kappa shape index (κ2) is 7.20. The molecule has 0 saturated heterocycles. The largest absolute Gasteiger partial charge is 0.454 e. The summed E-state index contributed by atoms with van der Waals surface area (Å²) in [6.07, 6.45) is 0. The minimum atomic E-state index is -4.00. The standard InChI is InChI=1S/C13H16N4O5S2/c1-8(13(19)22-7-11(18)17(2)3)16-24(20,21)10-6-4-5-9-12(10)15-23-14-9/h4-6,8,16H,7H2,1-3H3/t8-/m0/s1. The lowest BCUT2D eigenvalue weighted by atomic mass is 10.3. The van der Waals surface area contributed by atoms with Gasteiger partial charge in [0.25, 0.3) is 5.91 Å². The first-order chi connectivity index (χ1) is 11.2. The smallest absolute Gasteiger partial charge is 0.324 e. The normalized spacial score (nSPS) is 12.8. The van der Waals surface area contributed by atoms with Gasteiger partial charge in [-0.25, -0.2) is 8.42 Å². The van der Waals surface area contributed by atoms with Gasteiger partial charge in [-0.3, -0.25) is 9.59 Å². The number of likely N-dealkylation sites (N-methyl/N-ethyl adjacent to an activating group) is 1. The molecule has 0 spiro atoms. The average Bonchev–Trinajstić information content (AvgIpc) is 2.99. The molecule has 0 aliphatic rings. The molecule has 2 aromatic rings. The van der Waals surface area contributed by atoms with E-state index in [1.807, 2.05) is 0 Å². The summed E-state index contributed by atoms with van der Waals surface area (Å²) in [6.45, 7) is 0.878. The van der Waals surface area contributed by atoms with Crippen molar-refractivity contribution < 1.29 is 22.7 Å². The van der Waals surface area contributed by atoms with Gasteiger partial charge in [0.2, 0.25) is 10.0 Å². The summed E-state index contributed by atoms with van der Waals surface area (Å²) in [5, 5.41) is 0. The molecule has 2 rings (SSSR count). The van der Waals surface area contributed by atoms with Crippen LogP contribution in [0.3, 0.4) is 0 Å². The van der Waals surface area contributed by atoms with Crippen LogP contribution < -0.4 is 4.72 Å². The Morgan fingerprint density at radius 1 is 1.33 bits per heavy atom. The molecule has 1 heterocycles. The number of aromatic nitrogens is 2. The number of fused-ring (bicyclic) bond motifs is 1. The topological polar surface area (TPSA) is 119 Å². The quantitative estimate of drug-likeness (QED) is 0.708. The number of esters is 1. The lowest BCUT2D eigenvalue weighted by molar-refractivity contribution is -0.152. The zero-order chi connectivity index (χ0) is 17.9. The molecule has 0 unspecified atom stereocenters. The number of amides is 1. The lowest BCUT2D eigenvalue weighted by Gasteiger charge is -2.15. The summed E-state index contributed by atoms with van der Waals surface area (Å²) in [7, 11) is -0.961. The van der Waals surface area contributed by atoms with E-state index in [1.165, 1.54) is 38.1 Å². The first kappa shape index (κ1) is 18.2. The Morgan fingerprint density at radius 2 is 2.04 bits per heavy atom. The number of hydrogen-bond donors (Lipinski definition) is 1. The van der Waals surface area contributed by atoms with E-state index >= 15 is 0 Å². The summed E-state index contributed by atoms with van der Waals surface area (Å²) in [5.41, 5.74) is 0.688. The van der Waals surface area contributed by atoms with Gasteiger partial charge in [0.15, 0.2) is 6.61 Å². The molecule has 0 aliphatic carbocycles. The number of carbonyl (C=O) groups excluding carboxylic acids is 2. The van der Waals surface area contributed by atoms with Crippen LogP contribution in [0.1, 0.15) is 6.92 Å². The summed E-state index contributed by atoms with van der Waals surface area (Å²) in [4.78, 5) is 24.4. The molecule has 1 aromatic carbocycles. The van der Waals surface area contributed by atoms with Gasteiger partial charge in [-0.05, 0) is 19.1 Å². The molecule has 11 heteroatoms. The third kappa shape index (κ3) is 4.04. The van der Waals surface area contributed by atoms with Gasteiger partial charge < -0.3 is 9.64 Å². The SMILES string of the molecule is C[C@H](NS(=O)(=O)c1cccc2nsnc12)C(=O)OCC(=O)N(C)C. The Balaban J connectivity index is 2.10.